The summed E-state index contributed by atoms with van der Waals surface area (Å²) in [6.07, 6.45) is 0.0320. The zero-order valence-electron chi connectivity index (χ0n) is 19.4. The van der Waals surface area contributed by atoms with Crippen molar-refractivity contribution in [3.8, 4) is 0 Å². The Kier molecular flexibility index (Phi) is 8.72. The van der Waals surface area contributed by atoms with Gasteiger partial charge in [-0.1, -0.05) is 83.5 Å². The monoisotopic (exact) mass is 478 g/mol. The SMILES string of the molecule is Cc1ccccc1C1=NO[C@H](CN(Cc2cccc(Cl)c2)C[C@@H](O)COCc2ccccc2)C1. The molecule has 0 bridgehead atoms. The van der Waals surface area contributed by atoms with Crippen LogP contribution in [-0.2, 0) is 22.7 Å². The highest BCUT2D eigenvalue weighted by Gasteiger charge is 2.26. The van der Waals surface area contributed by atoms with Gasteiger partial charge in [-0.05, 0) is 35.7 Å². The van der Waals surface area contributed by atoms with E-state index in [0.29, 0.717) is 31.3 Å². The van der Waals surface area contributed by atoms with Crippen LogP contribution >= 0.6 is 11.6 Å². The summed E-state index contributed by atoms with van der Waals surface area (Å²) in [4.78, 5) is 7.98. The largest absolute Gasteiger partial charge is 0.390 e. The highest BCUT2D eigenvalue weighted by Crippen LogP contribution is 2.21. The highest BCUT2D eigenvalue weighted by molar-refractivity contribution is 6.30. The number of aliphatic hydroxyl groups excluding tert-OH is 1. The van der Waals surface area contributed by atoms with Gasteiger partial charge in [0, 0.05) is 36.6 Å². The maximum Gasteiger partial charge on any atom is 0.145 e. The van der Waals surface area contributed by atoms with Gasteiger partial charge >= 0.3 is 0 Å². The Morgan fingerprint density at radius 3 is 2.62 bits per heavy atom. The van der Waals surface area contributed by atoms with Crippen LogP contribution in [0.1, 0.15) is 28.7 Å². The topological polar surface area (TPSA) is 54.3 Å². The number of hydrogen-bond donors (Lipinski definition) is 1. The molecule has 0 aliphatic carbocycles. The van der Waals surface area contributed by atoms with Crippen LogP contribution in [0.4, 0.5) is 0 Å². The summed E-state index contributed by atoms with van der Waals surface area (Å²) in [5.41, 5.74) is 5.46. The third-order valence-corrected chi connectivity index (χ3v) is 6.07. The predicted octanol–water partition coefficient (Wildman–Crippen LogP) is 5.22. The molecule has 1 heterocycles. The minimum absolute atomic E-state index is 0.0776. The quantitative estimate of drug-likeness (QED) is 0.410. The second-order valence-electron chi connectivity index (χ2n) is 8.76. The van der Waals surface area contributed by atoms with Crippen LogP contribution in [0.5, 0.6) is 0 Å². The lowest BCUT2D eigenvalue weighted by atomic mass is 10.00. The molecule has 5 nitrogen and oxygen atoms in total. The molecule has 0 radical (unpaired) electrons. The first-order valence-corrected chi connectivity index (χ1v) is 12.0. The standard InChI is InChI=1S/C28H31ClN2O3/c1-21-8-5-6-13-27(21)28-15-26(34-30-28)18-31(16-23-11-7-12-24(29)14-23)17-25(32)20-33-19-22-9-3-2-4-10-22/h2-14,25-26,32H,15-20H2,1H3/t25-,26+/m1/s1. The normalized spacial score (nSPS) is 16.4. The molecule has 3 aromatic carbocycles. The van der Waals surface area contributed by atoms with Gasteiger partial charge in [0.05, 0.1) is 25.0 Å². The van der Waals surface area contributed by atoms with Crippen molar-refractivity contribution in [1.82, 2.24) is 4.90 Å². The molecule has 34 heavy (non-hydrogen) atoms. The van der Waals surface area contributed by atoms with Crippen molar-refractivity contribution in [3.05, 3.63) is 106 Å². The summed E-state index contributed by atoms with van der Waals surface area (Å²) in [6, 6.07) is 26.0. The van der Waals surface area contributed by atoms with Crippen molar-refractivity contribution in [2.24, 2.45) is 5.16 Å². The Morgan fingerprint density at radius 2 is 1.82 bits per heavy atom. The highest BCUT2D eigenvalue weighted by atomic mass is 35.5. The smallest absolute Gasteiger partial charge is 0.145 e. The van der Waals surface area contributed by atoms with Gasteiger partial charge in [-0.3, -0.25) is 4.90 Å². The number of aryl methyl sites for hydroxylation is 1. The van der Waals surface area contributed by atoms with E-state index in [2.05, 4.69) is 29.1 Å². The van der Waals surface area contributed by atoms with E-state index < -0.39 is 6.10 Å². The van der Waals surface area contributed by atoms with Crippen molar-refractivity contribution < 1.29 is 14.7 Å². The number of rotatable bonds is 11. The summed E-state index contributed by atoms with van der Waals surface area (Å²) in [6.45, 7) is 4.57. The molecule has 1 aliphatic heterocycles. The van der Waals surface area contributed by atoms with E-state index in [0.717, 1.165) is 28.8 Å². The van der Waals surface area contributed by atoms with Gasteiger partial charge in [-0.25, -0.2) is 0 Å². The van der Waals surface area contributed by atoms with Crippen molar-refractivity contribution >= 4 is 17.3 Å². The summed E-state index contributed by atoms with van der Waals surface area (Å²) >= 11 is 6.20. The average molecular weight is 479 g/mol. The van der Waals surface area contributed by atoms with E-state index in [9.17, 15) is 5.11 Å². The Morgan fingerprint density at radius 1 is 1.06 bits per heavy atom. The van der Waals surface area contributed by atoms with Crippen molar-refractivity contribution in [2.75, 3.05) is 19.7 Å². The third-order valence-electron chi connectivity index (χ3n) is 5.84. The molecule has 0 saturated carbocycles. The summed E-state index contributed by atoms with van der Waals surface area (Å²) in [5, 5.41) is 15.8. The van der Waals surface area contributed by atoms with E-state index in [-0.39, 0.29) is 12.7 Å². The van der Waals surface area contributed by atoms with Gasteiger partial charge in [0.2, 0.25) is 0 Å². The molecular weight excluding hydrogens is 448 g/mol. The maximum atomic E-state index is 10.7. The molecule has 0 saturated heterocycles. The molecular formula is C28H31ClN2O3. The summed E-state index contributed by atoms with van der Waals surface area (Å²) in [7, 11) is 0. The number of halogens is 1. The molecule has 0 amide bonds. The fraction of sp³-hybridized carbons (Fsp3) is 0.321. The number of hydrogen-bond acceptors (Lipinski definition) is 5. The zero-order chi connectivity index (χ0) is 23.8. The molecule has 2 atom stereocenters. The van der Waals surface area contributed by atoms with Gasteiger partial charge in [-0.2, -0.15) is 0 Å². The molecule has 1 N–H and O–H groups in total. The molecule has 6 heteroatoms. The minimum Gasteiger partial charge on any atom is -0.390 e. The van der Waals surface area contributed by atoms with Gasteiger partial charge in [-0.15, -0.1) is 0 Å². The van der Waals surface area contributed by atoms with E-state index in [4.69, 9.17) is 21.2 Å². The van der Waals surface area contributed by atoms with E-state index in [1.54, 1.807) is 0 Å². The molecule has 1 aliphatic rings. The van der Waals surface area contributed by atoms with Crippen LogP contribution in [0.15, 0.2) is 84.0 Å². The molecule has 4 rings (SSSR count). The van der Waals surface area contributed by atoms with E-state index >= 15 is 0 Å². The molecule has 0 unspecified atom stereocenters. The zero-order valence-corrected chi connectivity index (χ0v) is 20.2. The Hall–Kier alpha value is -2.70. The van der Waals surface area contributed by atoms with Crippen molar-refractivity contribution in [2.45, 2.75) is 38.7 Å². The van der Waals surface area contributed by atoms with Gasteiger partial charge in [0.15, 0.2) is 0 Å². The van der Waals surface area contributed by atoms with Crippen LogP contribution in [0.2, 0.25) is 5.02 Å². The first-order valence-electron chi connectivity index (χ1n) is 11.6. The molecule has 0 spiro atoms. The fourth-order valence-electron chi connectivity index (χ4n) is 4.20. The van der Waals surface area contributed by atoms with Gasteiger partial charge < -0.3 is 14.7 Å². The lowest BCUT2D eigenvalue weighted by Crippen LogP contribution is -2.39. The number of nitrogens with zero attached hydrogens (tertiary/aromatic N) is 2. The molecule has 178 valence electrons. The lowest BCUT2D eigenvalue weighted by Gasteiger charge is -2.27. The Bertz CT molecular complexity index is 1090. The van der Waals surface area contributed by atoms with Gasteiger partial charge in [0.1, 0.15) is 6.10 Å². The minimum atomic E-state index is -0.624. The van der Waals surface area contributed by atoms with Crippen LogP contribution in [-0.4, -0.2) is 47.6 Å². The number of benzene rings is 3. The average Bonchev–Trinajstić information content (AvgIpc) is 3.28. The Labute approximate surface area is 206 Å². The van der Waals surface area contributed by atoms with Crippen molar-refractivity contribution in [3.63, 3.8) is 0 Å². The Balaban J connectivity index is 1.35. The van der Waals surface area contributed by atoms with Crippen LogP contribution in [0.25, 0.3) is 0 Å². The number of ether oxygens (including phenoxy) is 1. The van der Waals surface area contributed by atoms with E-state index in [1.807, 2.05) is 66.7 Å². The maximum absolute atomic E-state index is 10.7. The first-order chi connectivity index (χ1) is 16.6. The van der Waals surface area contributed by atoms with E-state index in [1.165, 1.54) is 5.56 Å². The first kappa shape index (κ1) is 24.4. The molecule has 3 aromatic rings. The second kappa shape index (κ2) is 12.1. The lowest BCUT2D eigenvalue weighted by molar-refractivity contribution is -0.00648. The second-order valence-corrected chi connectivity index (χ2v) is 9.20. The van der Waals surface area contributed by atoms with Gasteiger partial charge in [0.25, 0.3) is 0 Å². The number of aliphatic hydroxyl groups is 1. The predicted molar refractivity (Wildman–Crippen MR) is 136 cm³/mol. The van der Waals surface area contributed by atoms with Crippen LogP contribution < -0.4 is 0 Å². The molecule has 0 aromatic heterocycles. The molecule has 0 fully saturated rings. The van der Waals surface area contributed by atoms with Crippen LogP contribution in [0.3, 0.4) is 0 Å². The fourth-order valence-corrected chi connectivity index (χ4v) is 4.42. The summed E-state index contributed by atoms with van der Waals surface area (Å²) < 4.78 is 5.76. The van der Waals surface area contributed by atoms with Crippen LogP contribution in [0, 0.1) is 6.92 Å². The number of oxime groups is 1. The summed E-state index contributed by atoms with van der Waals surface area (Å²) in [5.74, 6) is 0. The van der Waals surface area contributed by atoms with Crippen molar-refractivity contribution in [1.29, 1.82) is 0 Å². The third kappa shape index (κ3) is 7.15.